The second-order valence-electron chi connectivity index (χ2n) is 9.66. The molecule has 1 atom stereocenters. The summed E-state index contributed by atoms with van der Waals surface area (Å²) in [7, 11) is -2.56. The van der Waals surface area contributed by atoms with Crippen LogP contribution in [0.4, 0.5) is 5.69 Å². The summed E-state index contributed by atoms with van der Waals surface area (Å²) in [5.41, 5.74) is 4.96. The van der Waals surface area contributed by atoms with E-state index in [-0.39, 0.29) is 17.3 Å². The van der Waals surface area contributed by atoms with Crippen LogP contribution in [0.15, 0.2) is 71.6 Å². The smallest absolute Gasteiger partial charge is 0.264 e. The average molecular weight is 536 g/mol. The van der Waals surface area contributed by atoms with Crippen molar-refractivity contribution in [2.75, 3.05) is 17.9 Å². The fourth-order valence-electron chi connectivity index (χ4n) is 4.53. The minimum atomic E-state index is -4.09. The number of hydrogen-bond donors (Lipinski definition) is 1. The van der Waals surface area contributed by atoms with Gasteiger partial charge in [-0.05, 0) is 63.4 Å². The van der Waals surface area contributed by atoms with Gasteiger partial charge in [-0.25, -0.2) is 8.42 Å². The van der Waals surface area contributed by atoms with E-state index in [2.05, 4.69) is 5.32 Å². The molecule has 202 valence electrons. The average Bonchev–Trinajstić information content (AvgIpc) is 2.87. The Labute approximate surface area is 226 Å². The summed E-state index contributed by atoms with van der Waals surface area (Å²) in [5.74, 6) is -0.759. The molecule has 0 spiro atoms. The summed E-state index contributed by atoms with van der Waals surface area (Å²) < 4.78 is 29.1. The molecule has 0 radical (unpaired) electrons. The minimum absolute atomic E-state index is 0.0967. The number of aryl methyl sites for hydroxylation is 4. The molecule has 1 N–H and O–H groups in total. The summed E-state index contributed by atoms with van der Waals surface area (Å²) >= 11 is 0. The molecule has 0 unspecified atom stereocenters. The molecule has 8 heteroatoms. The van der Waals surface area contributed by atoms with Crippen molar-refractivity contribution in [3.63, 3.8) is 0 Å². The van der Waals surface area contributed by atoms with Crippen molar-refractivity contribution in [2.24, 2.45) is 0 Å². The summed E-state index contributed by atoms with van der Waals surface area (Å²) in [6, 6.07) is 19.0. The third-order valence-electron chi connectivity index (χ3n) is 6.58. The first-order chi connectivity index (χ1) is 18.0. The fraction of sp³-hybridized carbons (Fsp3) is 0.333. The molecule has 38 heavy (non-hydrogen) atoms. The number of nitrogens with one attached hydrogen (secondary N) is 1. The second kappa shape index (κ2) is 12.3. The predicted octanol–water partition coefficient (Wildman–Crippen LogP) is 4.67. The highest BCUT2D eigenvalue weighted by atomic mass is 32.2. The number of carbonyl (C=O) groups excluding carboxylic acids is 2. The van der Waals surface area contributed by atoms with Gasteiger partial charge in [0.05, 0.1) is 10.6 Å². The number of rotatable bonds is 10. The van der Waals surface area contributed by atoms with Crippen molar-refractivity contribution in [1.29, 1.82) is 0 Å². The van der Waals surface area contributed by atoms with Gasteiger partial charge < -0.3 is 10.2 Å². The van der Waals surface area contributed by atoms with Gasteiger partial charge in [0.15, 0.2) is 0 Å². The number of anilines is 1. The molecule has 3 aromatic carbocycles. The lowest BCUT2D eigenvalue weighted by Crippen LogP contribution is -2.51. The molecule has 3 aromatic rings. The zero-order valence-corrected chi connectivity index (χ0v) is 23.8. The van der Waals surface area contributed by atoms with Gasteiger partial charge in [0.1, 0.15) is 12.6 Å². The normalized spacial score (nSPS) is 12.1. The Balaban J connectivity index is 2.10. The molecular formula is C30H37N3O4S. The number of sulfonamides is 1. The molecule has 0 bridgehead atoms. The first-order valence-corrected chi connectivity index (χ1v) is 14.1. The van der Waals surface area contributed by atoms with E-state index in [1.807, 2.05) is 71.0 Å². The van der Waals surface area contributed by atoms with E-state index < -0.39 is 28.5 Å². The summed E-state index contributed by atoms with van der Waals surface area (Å²) in [5, 5.41) is 2.65. The molecule has 0 aromatic heterocycles. The van der Waals surface area contributed by atoms with Gasteiger partial charge >= 0.3 is 0 Å². The Hall–Kier alpha value is -3.65. The molecular weight excluding hydrogens is 498 g/mol. The number of amides is 2. The highest BCUT2D eigenvalue weighted by Crippen LogP contribution is 2.28. The van der Waals surface area contributed by atoms with Gasteiger partial charge in [-0.3, -0.25) is 13.9 Å². The maximum atomic E-state index is 14.0. The molecule has 2 amide bonds. The maximum absolute atomic E-state index is 14.0. The largest absolute Gasteiger partial charge is 0.357 e. The Morgan fingerprint density at radius 3 is 2.08 bits per heavy atom. The highest BCUT2D eigenvalue weighted by molar-refractivity contribution is 7.92. The fourth-order valence-corrected chi connectivity index (χ4v) is 6.01. The van der Waals surface area contributed by atoms with Crippen LogP contribution >= 0.6 is 0 Å². The van der Waals surface area contributed by atoms with Gasteiger partial charge in [0.25, 0.3) is 10.0 Å². The molecule has 3 rings (SSSR count). The van der Waals surface area contributed by atoms with Gasteiger partial charge in [-0.2, -0.15) is 0 Å². The number of benzene rings is 3. The quantitative estimate of drug-likeness (QED) is 0.409. The molecule has 0 aliphatic rings. The van der Waals surface area contributed by atoms with Gasteiger partial charge in [-0.1, -0.05) is 72.1 Å². The number of likely N-dealkylation sites (N-methyl/N-ethyl adjacent to an activating group) is 1. The number of hydrogen-bond acceptors (Lipinski definition) is 4. The van der Waals surface area contributed by atoms with Crippen molar-refractivity contribution in [2.45, 2.75) is 58.5 Å². The third-order valence-corrected chi connectivity index (χ3v) is 8.35. The van der Waals surface area contributed by atoms with Crippen molar-refractivity contribution < 1.29 is 18.0 Å². The van der Waals surface area contributed by atoms with Crippen LogP contribution in [0, 0.1) is 27.7 Å². The topological polar surface area (TPSA) is 86.8 Å². The Kier molecular flexibility index (Phi) is 9.33. The molecule has 0 aliphatic heterocycles. The predicted molar refractivity (Wildman–Crippen MR) is 152 cm³/mol. The minimum Gasteiger partial charge on any atom is -0.357 e. The van der Waals surface area contributed by atoms with E-state index in [1.54, 1.807) is 30.3 Å². The SMILES string of the molecule is CC[C@H](C(=O)NC)N(Cc1cccc(C)c1)C(=O)CN(c1ccc(C)cc1C)S(=O)(=O)c1ccc(C)cc1. The van der Waals surface area contributed by atoms with E-state index in [4.69, 9.17) is 0 Å². The maximum Gasteiger partial charge on any atom is 0.264 e. The van der Waals surface area contributed by atoms with E-state index in [9.17, 15) is 18.0 Å². The highest BCUT2D eigenvalue weighted by Gasteiger charge is 2.33. The lowest BCUT2D eigenvalue weighted by atomic mass is 10.1. The monoisotopic (exact) mass is 535 g/mol. The Morgan fingerprint density at radius 2 is 1.50 bits per heavy atom. The molecule has 0 saturated heterocycles. The number of nitrogens with zero attached hydrogens (tertiary/aromatic N) is 2. The standard InChI is InChI=1S/C30H37N3O4S/c1-7-27(30(35)31-6)32(19-25-10-8-9-22(3)18-25)29(34)20-33(28-16-13-23(4)17-24(28)5)38(36,37)26-14-11-21(2)12-15-26/h8-18,27H,7,19-20H2,1-6H3,(H,31,35)/t27-/m1/s1. The van der Waals surface area contributed by atoms with Crippen LogP contribution in [0.3, 0.4) is 0 Å². The zero-order valence-electron chi connectivity index (χ0n) is 23.0. The van der Waals surface area contributed by atoms with Gasteiger partial charge in [-0.15, -0.1) is 0 Å². The first-order valence-electron chi connectivity index (χ1n) is 12.7. The van der Waals surface area contributed by atoms with Crippen LogP contribution in [0.2, 0.25) is 0 Å². The van der Waals surface area contributed by atoms with E-state index in [0.717, 1.165) is 32.1 Å². The van der Waals surface area contributed by atoms with E-state index >= 15 is 0 Å². The molecule has 7 nitrogen and oxygen atoms in total. The summed E-state index contributed by atoms with van der Waals surface area (Å²) in [4.78, 5) is 28.4. The molecule has 0 saturated carbocycles. The number of carbonyl (C=O) groups is 2. The van der Waals surface area contributed by atoms with Crippen molar-refractivity contribution in [1.82, 2.24) is 10.2 Å². The van der Waals surface area contributed by atoms with Gasteiger partial charge in [0.2, 0.25) is 11.8 Å². The van der Waals surface area contributed by atoms with Crippen LogP contribution in [-0.4, -0.2) is 44.8 Å². The molecule has 0 fully saturated rings. The van der Waals surface area contributed by atoms with Crippen molar-refractivity contribution in [3.05, 3.63) is 94.5 Å². The summed E-state index contributed by atoms with van der Waals surface area (Å²) in [6.45, 7) is 9.17. The van der Waals surface area contributed by atoms with Crippen LogP contribution in [0.1, 0.15) is 41.2 Å². The van der Waals surface area contributed by atoms with Crippen LogP contribution in [-0.2, 0) is 26.2 Å². The zero-order chi connectivity index (χ0) is 28.0. The molecule has 0 aliphatic carbocycles. The van der Waals surface area contributed by atoms with E-state index in [0.29, 0.717) is 12.1 Å². The van der Waals surface area contributed by atoms with Crippen LogP contribution < -0.4 is 9.62 Å². The Bertz CT molecular complexity index is 1400. The third kappa shape index (κ3) is 6.61. The van der Waals surface area contributed by atoms with Crippen molar-refractivity contribution >= 4 is 27.5 Å². The molecule has 0 heterocycles. The van der Waals surface area contributed by atoms with Crippen LogP contribution in [0.25, 0.3) is 0 Å². The second-order valence-corrected chi connectivity index (χ2v) is 11.5. The van der Waals surface area contributed by atoms with Crippen molar-refractivity contribution in [3.8, 4) is 0 Å². The van der Waals surface area contributed by atoms with Crippen LogP contribution in [0.5, 0.6) is 0 Å². The Morgan fingerprint density at radius 1 is 0.868 bits per heavy atom. The summed E-state index contributed by atoms with van der Waals surface area (Å²) in [6.07, 6.45) is 0.380. The first kappa shape index (κ1) is 28.9. The van der Waals surface area contributed by atoms with E-state index in [1.165, 1.54) is 11.9 Å². The van der Waals surface area contributed by atoms with Gasteiger partial charge in [0, 0.05) is 13.6 Å². The lowest BCUT2D eigenvalue weighted by molar-refractivity contribution is -0.140. The lowest BCUT2D eigenvalue weighted by Gasteiger charge is -2.33.